The molecule has 4 rings (SSSR count). The molecule has 0 spiro atoms. The highest BCUT2D eigenvalue weighted by atomic mass is 35.5. The normalized spacial score (nSPS) is 13.8. The Morgan fingerprint density at radius 1 is 1.12 bits per heavy atom. The third-order valence-corrected chi connectivity index (χ3v) is 9.29. The number of carbonyl (C=O) groups is 3. The number of hydrogen-bond acceptors (Lipinski definition) is 9. The van der Waals surface area contributed by atoms with Crippen molar-refractivity contribution in [2.45, 2.75) is 58.9 Å². The molecule has 2 aromatic carbocycles. The molecule has 3 aromatic rings. The first-order valence-corrected chi connectivity index (χ1v) is 17.0. The lowest BCUT2D eigenvalue weighted by atomic mass is 9.99. The molecule has 0 unspecified atom stereocenters. The maximum Gasteiger partial charge on any atom is 0.339 e. The summed E-state index contributed by atoms with van der Waals surface area (Å²) in [7, 11) is 1.28. The fraction of sp³-hybridized carbons (Fsp3) is 0.333. The lowest BCUT2D eigenvalue weighted by Gasteiger charge is -2.24. The molecule has 0 aliphatic carbocycles. The van der Waals surface area contributed by atoms with Gasteiger partial charge >= 0.3 is 5.97 Å². The zero-order chi connectivity index (χ0) is 35.7. The van der Waals surface area contributed by atoms with E-state index in [-0.39, 0.29) is 42.5 Å². The van der Waals surface area contributed by atoms with E-state index in [0.29, 0.717) is 40.0 Å². The van der Waals surface area contributed by atoms with Crippen LogP contribution in [0.2, 0.25) is 5.02 Å². The van der Waals surface area contributed by atoms with Crippen molar-refractivity contribution in [2.24, 2.45) is 10.7 Å². The predicted molar refractivity (Wildman–Crippen MR) is 197 cm³/mol. The first-order chi connectivity index (χ1) is 23.4. The highest BCUT2D eigenvalue weighted by molar-refractivity contribution is 7.17. The van der Waals surface area contributed by atoms with Crippen molar-refractivity contribution >= 4 is 68.8 Å². The Hall–Kier alpha value is -4.83. The van der Waals surface area contributed by atoms with Crippen LogP contribution >= 0.6 is 22.9 Å². The predicted octanol–water partition coefficient (Wildman–Crippen LogP) is 5.82. The molecule has 1 atom stereocenters. The molecule has 0 radical (unpaired) electrons. The Bertz CT molecular complexity index is 1860. The number of thiophene rings is 1. The molecular weight excluding hydrogens is 662 g/mol. The smallest absolute Gasteiger partial charge is 0.339 e. The summed E-state index contributed by atoms with van der Waals surface area (Å²) in [5.41, 5.74) is 9.85. The summed E-state index contributed by atoms with van der Waals surface area (Å²) in [6, 6.07) is 11.2. The molecule has 0 fully saturated rings. The first kappa shape index (κ1) is 37.0. The van der Waals surface area contributed by atoms with Crippen molar-refractivity contribution in [1.82, 2.24) is 5.32 Å². The number of esters is 1. The Morgan fingerprint density at radius 3 is 2.53 bits per heavy atom. The molecule has 1 aromatic heterocycles. The number of nitrogens with two attached hydrogens (primary N) is 1. The number of benzene rings is 2. The van der Waals surface area contributed by atoms with E-state index in [1.54, 1.807) is 36.1 Å². The van der Waals surface area contributed by atoms with Gasteiger partial charge in [-0.15, -0.1) is 11.3 Å². The number of nitrogens with zero attached hydrogens (tertiary/aromatic N) is 2. The number of methoxy groups -OCH3 is 1. The molecule has 2 heterocycles. The molecule has 0 saturated heterocycles. The molecule has 256 valence electrons. The number of amidine groups is 2. The van der Waals surface area contributed by atoms with Gasteiger partial charge in [-0.25, -0.2) is 4.79 Å². The van der Waals surface area contributed by atoms with E-state index in [1.807, 2.05) is 26.0 Å². The minimum Gasteiger partial charge on any atom is -0.465 e. The van der Waals surface area contributed by atoms with Gasteiger partial charge in [-0.3, -0.25) is 30.3 Å². The van der Waals surface area contributed by atoms with Gasteiger partial charge in [0.15, 0.2) is 0 Å². The second-order valence-electron chi connectivity index (χ2n) is 11.4. The fourth-order valence-electron chi connectivity index (χ4n) is 5.20. The van der Waals surface area contributed by atoms with Gasteiger partial charge in [-0.2, -0.15) is 0 Å². The van der Waals surface area contributed by atoms with Crippen LogP contribution in [0.1, 0.15) is 76.5 Å². The SMILES string of the molecule is COC(=O)c1cc(NC(=O)CCNC(=O)C[C@@H]2N=C(c3ccc(Cl)cc3)c3c(sc(C)c3C)N(C(C)=N)C2=N)ccc1C#CCCCCN. The molecule has 0 saturated carbocycles. The standard InChI is InChI=1S/C36H40ClN7O4S/c1-21-22(2)49-35-32(21)33(25-10-13-26(37)14-11-25)43-29(34(40)44(35)23(3)39)20-31(46)41-18-16-30(45)42-27-15-12-24(9-7-5-6-8-17-38)28(19-27)36(47)48-4/h10-15,19,29,39-40H,5-6,8,16-18,20,38H2,1-4H3,(H,41,46)(H,42,45)/t29-/m0/s1. The Morgan fingerprint density at radius 2 is 1.86 bits per heavy atom. The molecule has 1 aliphatic heterocycles. The van der Waals surface area contributed by atoms with Gasteiger partial charge in [0.05, 0.1) is 24.8 Å². The summed E-state index contributed by atoms with van der Waals surface area (Å²) in [5, 5.41) is 24.3. The number of hydrogen-bond donors (Lipinski definition) is 5. The third kappa shape index (κ3) is 9.20. The average molecular weight is 702 g/mol. The van der Waals surface area contributed by atoms with E-state index in [2.05, 4.69) is 22.5 Å². The average Bonchev–Trinajstić information content (AvgIpc) is 3.28. The maximum absolute atomic E-state index is 13.2. The molecule has 11 nitrogen and oxygen atoms in total. The summed E-state index contributed by atoms with van der Waals surface area (Å²) in [4.78, 5) is 45.9. The van der Waals surface area contributed by atoms with Crippen LogP contribution in [0.25, 0.3) is 0 Å². The third-order valence-electron chi connectivity index (χ3n) is 7.84. The van der Waals surface area contributed by atoms with Crippen LogP contribution < -0.4 is 21.3 Å². The van der Waals surface area contributed by atoms with Crippen LogP contribution in [0.4, 0.5) is 10.7 Å². The number of aryl methyl sites for hydroxylation is 1. The zero-order valence-corrected chi connectivity index (χ0v) is 29.5. The number of unbranched alkanes of at least 4 members (excludes halogenated alkanes) is 2. The molecule has 0 bridgehead atoms. The molecular formula is C36H40ClN7O4S. The number of fused-ring (bicyclic) bond motifs is 1. The monoisotopic (exact) mass is 701 g/mol. The summed E-state index contributed by atoms with van der Waals surface area (Å²) < 4.78 is 4.90. The molecule has 13 heteroatoms. The topological polar surface area (TPSA) is 174 Å². The van der Waals surface area contributed by atoms with Crippen LogP contribution in [0.3, 0.4) is 0 Å². The number of rotatable bonds is 11. The van der Waals surface area contributed by atoms with Crippen molar-refractivity contribution in [3.05, 3.63) is 80.2 Å². The van der Waals surface area contributed by atoms with E-state index in [0.717, 1.165) is 34.4 Å². The molecule has 6 N–H and O–H groups in total. The lowest BCUT2D eigenvalue weighted by molar-refractivity contribution is -0.121. The number of amides is 2. The van der Waals surface area contributed by atoms with E-state index >= 15 is 0 Å². The number of carbonyl (C=O) groups excluding carboxylic acids is 3. The van der Waals surface area contributed by atoms with E-state index < -0.39 is 17.9 Å². The number of ether oxygens (including phenoxy) is 1. The highest BCUT2D eigenvalue weighted by Crippen LogP contribution is 2.40. The summed E-state index contributed by atoms with van der Waals surface area (Å²) in [6.45, 7) is 6.21. The van der Waals surface area contributed by atoms with Crippen molar-refractivity contribution in [1.29, 1.82) is 10.8 Å². The summed E-state index contributed by atoms with van der Waals surface area (Å²) in [6.07, 6.45) is 2.18. The molecule has 2 amide bonds. The Labute approximate surface area is 295 Å². The largest absolute Gasteiger partial charge is 0.465 e. The van der Waals surface area contributed by atoms with Crippen molar-refractivity contribution in [3.8, 4) is 11.8 Å². The second-order valence-corrected chi connectivity index (χ2v) is 13.1. The minimum absolute atomic E-state index is 0.0111. The number of nitrogens with one attached hydrogen (secondary N) is 4. The van der Waals surface area contributed by atoms with Gasteiger partial charge in [0.1, 0.15) is 22.7 Å². The quantitative estimate of drug-likeness (QED) is 0.0554. The van der Waals surface area contributed by atoms with Crippen LogP contribution in [0.5, 0.6) is 0 Å². The molecule has 1 aliphatic rings. The Balaban J connectivity index is 1.45. The first-order valence-electron chi connectivity index (χ1n) is 15.8. The van der Waals surface area contributed by atoms with E-state index in [9.17, 15) is 14.4 Å². The van der Waals surface area contributed by atoms with Gasteiger partial charge in [0, 0.05) is 51.7 Å². The van der Waals surface area contributed by atoms with E-state index in [1.165, 1.54) is 24.5 Å². The van der Waals surface area contributed by atoms with Crippen LogP contribution in [-0.2, 0) is 14.3 Å². The maximum atomic E-state index is 13.2. The van der Waals surface area contributed by atoms with E-state index in [4.69, 9.17) is 37.9 Å². The number of aliphatic imine (C=N–C) groups is 1. The number of halogens is 1. The Kier molecular flexibility index (Phi) is 12.8. The van der Waals surface area contributed by atoms with Crippen molar-refractivity contribution in [2.75, 3.05) is 30.4 Å². The fourth-order valence-corrected chi connectivity index (χ4v) is 6.55. The van der Waals surface area contributed by atoms with Gasteiger partial charge in [-0.05, 0) is 76.1 Å². The van der Waals surface area contributed by atoms with Gasteiger partial charge in [0.2, 0.25) is 11.8 Å². The van der Waals surface area contributed by atoms with Gasteiger partial charge < -0.3 is 21.1 Å². The minimum atomic E-state index is -0.891. The van der Waals surface area contributed by atoms with Crippen LogP contribution in [-0.4, -0.2) is 61.4 Å². The highest BCUT2D eigenvalue weighted by Gasteiger charge is 2.34. The summed E-state index contributed by atoms with van der Waals surface area (Å²) in [5.74, 6) is 4.84. The van der Waals surface area contributed by atoms with Gasteiger partial charge in [-0.1, -0.05) is 35.6 Å². The second kappa shape index (κ2) is 17.0. The number of anilines is 2. The van der Waals surface area contributed by atoms with Gasteiger partial charge in [0.25, 0.3) is 0 Å². The van der Waals surface area contributed by atoms with Crippen molar-refractivity contribution < 1.29 is 19.1 Å². The lowest BCUT2D eigenvalue weighted by Crippen LogP contribution is -2.42. The zero-order valence-electron chi connectivity index (χ0n) is 28.0. The van der Waals surface area contributed by atoms with Crippen LogP contribution in [0.15, 0.2) is 47.5 Å². The molecule has 49 heavy (non-hydrogen) atoms. The summed E-state index contributed by atoms with van der Waals surface area (Å²) >= 11 is 7.64. The van der Waals surface area contributed by atoms with Crippen molar-refractivity contribution in [3.63, 3.8) is 0 Å². The van der Waals surface area contributed by atoms with Crippen LogP contribution in [0, 0.1) is 36.5 Å².